The molecule has 0 radical (unpaired) electrons. The van der Waals surface area contributed by atoms with E-state index < -0.39 is 0 Å². The molecule has 1 aliphatic heterocycles. The summed E-state index contributed by atoms with van der Waals surface area (Å²) >= 11 is 0. The lowest BCUT2D eigenvalue weighted by Gasteiger charge is -2.32. The quantitative estimate of drug-likeness (QED) is 0.546. The fourth-order valence-corrected chi connectivity index (χ4v) is 3.54. The van der Waals surface area contributed by atoms with Gasteiger partial charge in [-0.15, -0.1) is 0 Å². The van der Waals surface area contributed by atoms with Crippen LogP contribution in [0.3, 0.4) is 0 Å². The Morgan fingerprint density at radius 1 is 1.04 bits per heavy atom. The topological polar surface area (TPSA) is 26.8 Å². The minimum atomic E-state index is 0.0509. The molecule has 0 saturated carbocycles. The molecule has 2 aromatic rings. The summed E-state index contributed by atoms with van der Waals surface area (Å²) in [4.78, 5) is 19.6. The van der Waals surface area contributed by atoms with Crippen LogP contribution in [-0.2, 0) is 13.1 Å². The number of carbonyl (C=O) groups excluding carboxylic acids is 1. The number of ketones is 1. The van der Waals surface area contributed by atoms with Gasteiger partial charge in [-0.1, -0.05) is 48.5 Å². The van der Waals surface area contributed by atoms with Crippen LogP contribution in [0, 0.1) is 0 Å². The van der Waals surface area contributed by atoms with Crippen molar-refractivity contribution in [1.29, 1.82) is 0 Å². The van der Waals surface area contributed by atoms with Crippen LogP contribution >= 0.6 is 0 Å². The molecule has 0 bridgehead atoms. The molecular weight excluding hydrogens is 346 g/mol. The normalized spacial score (nSPS) is 16.1. The van der Waals surface area contributed by atoms with Crippen LogP contribution < -0.4 is 0 Å². The number of allylic oxidation sites excluding steroid dienone is 1. The Kier molecular flexibility index (Phi) is 7.15. The first-order chi connectivity index (χ1) is 13.5. The second kappa shape index (κ2) is 9.78. The van der Waals surface area contributed by atoms with Crippen LogP contribution in [-0.4, -0.2) is 67.8 Å². The van der Waals surface area contributed by atoms with Gasteiger partial charge in [0.15, 0.2) is 5.78 Å². The van der Waals surface area contributed by atoms with Gasteiger partial charge in [0.1, 0.15) is 0 Å². The minimum Gasteiger partial charge on any atom is -0.305 e. The Balaban J connectivity index is 1.69. The molecule has 1 saturated heterocycles. The molecule has 2 aromatic carbocycles. The van der Waals surface area contributed by atoms with Crippen molar-refractivity contribution in [2.24, 2.45) is 0 Å². The molecule has 0 atom stereocenters. The molecule has 4 heteroatoms. The van der Waals surface area contributed by atoms with Crippen LogP contribution in [0.15, 0.2) is 54.6 Å². The van der Waals surface area contributed by atoms with Crippen molar-refractivity contribution in [2.75, 3.05) is 47.3 Å². The van der Waals surface area contributed by atoms with Gasteiger partial charge in [0.05, 0.1) is 0 Å². The first kappa shape index (κ1) is 20.5. The lowest BCUT2D eigenvalue weighted by atomic mass is 10.0. The summed E-state index contributed by atoms with van der Waals surface area (Å²) in [7, 11) is 6.24. The van der Waals surface area contributed by atoms with E-state index in [-0.39, 0.29) is 5.78 Å². The van der Waals surface area contributed by atoms with Crippen molar-refractivity contribution in [3.8, 4) is 0 Å². The van der Waals surface area contributed by atoms with Crippen LogP contribution in [0.25, 0.3) is 6.08 Å². The second-order valence-electron chi connectivity index (χ2n) is 7.91. The van der Waals surface area contributed by atoms with Gasteiger partial charge in [0, 0.05) is 44.8 Å². The lowest BCUT2D eigenvalue weighted by Crippen LogP contribution is -2.43. The maximum Gasteiger partial charge on any atom is 0.185 e. The Hall–Kier alpha value is -2.27. The molecule has 148 valence electrons. The summed E-state index contributed by atoms with van der Waals surface area (Å²) in [6, 6.07) is 16.3. The summed E-state index contributed by atoms with van der Waals surface area (Å²) < 4.78 is 0. The number of carbonyl (C=O) groups is 1. The Morgan fingerprint density at radius 3 is 2.54 bits per heavy atom. The third kappa shape index (κ3) is 5.86. The smallest absolute Gasteiger partial charge is 0.185 e. The largest absolute Gasteiger partial charge is 0.305 e. The number of nitrogens with zero attached hydrogens (tertiary/aromatic N) is 3. The molecule has 0 unspecified atom stereocenters. The zero-order valence-electron chi connectivity index (χ0n) is 17.3. The van der Waals surface area contributed by atoms with E-state index in [1.165, 1.54) is 5.56 Å². The van der Waals surface area contributed by atoms with Crippen molar-refractivity contribution in [1.82, 2.24) is 14.7 Å². The predicted octanol–water partition coefficient (Wildman–Crippen LogP) is 3.39. The third-order valence-electron chi connectivity index (χ3n) is 5.17. The molecule has 0 N–H and O–H groups in total. The van der Waals surface area contributed by atoms with Crippen LogP contribution in [0.5, 0.6) is 0 Å². The van der Waals surface area contributed by atoms with Gasteiger partial charge < -0.3 is 9.80 Å². The summed E-state index contributed by atoms with van der Waals surface area (Å²) in [6.45, 7) is 6.16. The molecule has 1 fully saturated rings. The molecule has 0 spiro atoms. The van der Waals surface area contributed by atoms with E-state index in [1.54, 1.807) is 6.08 Å². The summed E-state index contributed by atoms with van der Waals surface area (Å²) in [5.74, 6) is 0.0509. The molecule has 0 amide bonds. The Bertz CT molecular complexity index is 820. The molecular formula is C24H31N3O. The molecule has 3 rings (SSSR count). The first-order valence-corrected chi connectivity index (χ1v) is 9.96. The van der Waals surface area contributed by atoms with Gasteiger partial charge in [0.25, 0.3) is 0 Å². The van der Waals surface area contributed by atoms with E-state index in [9.17, 15) is 4.79 Å². The zero-order chi connectivity index (χ0) is 19.9. The van der Waals surface area contributed by atoms with E-state index in [0.29, 0.717) is 0 Å². The van der Waals surface area contributed by atoms with Crippen LogP contribution in [0.2, 0.25) is 0 Å². The van der Waals surface area contributed by atoms with Gasteiger partial charge in [-0.05, 0) is 50.0 Å². The molecule has 0 aliphatic carbocycles. The minimum absolute atomic E-state index is 0.0509. The van der Waals surface area contributed by atoms with Gasteiger partial charge in [-0.25, -0.2) is 0 Å². The summed E-state index contributed by atoms with van der Waals surface area (Å²) in [5, 5.41) is 0. The lowest BCUT2D eigenvalue weighted by molar-refractivity contribution is 0.104. The molecule has 1 aliphatic rings. The van der Waals surface area contributed by atoms with Crippen molar-refractivity contribution in [2.45, 2.75) is 13.1 Å². The fraction of sp³-hybridized carbons (Fsp3) is 0.375. The van der Waals surface area contributed by atoms with Gasteiger partial charge in [0.2, 0.25) is 0 Å². The standard InChI is InChI=1S/C24H31N3O/c1-25(2)18-20-7-6-10-22(17-20)24(28)12-11-21-8-4-5-9-23(21)19-27-15-13-26(3)14-16-27/h4-12,17H,13-16,18-19H2,1-3H3/b12-11+. The number of likely N-dealkylation sites (N-methyl/N-ethyl adjacent to an activating group) is 1. The highest BCUT2D eigenvalue weighted by Gasteiger charge is 2.14. The molecule has 28 heavy (non-hydrogen) atoms. The van der Waals surface area contributed by atoms with E-state index in [2.05, 4.69) is 46.0 Å². The van der Waals surface area contributed by atoms with E-state index in [4.69, 9.17) is 0 Å². The van der Waals surface area contributed by atoms with E-state index in [0.717, 1.165) is 56.0 Å². The maximum absolute atomic E-state index is 12.7. The number of piperazine rings is 1. The Labute approximate surface area is 169 Å². The predicted molar refractivity (Wildman–Crippen MR) is 116 cm³/mol. The van der Waals surface area contributed by atoms with Crippen molar-refractivity contribution in [3.63, 3.8) is 0 Å². The molecule has 4 nitrogen and oxygen atoms in total. The highest BCUT2D eigenvalue weighted by molar-refractivity contribution is 6.07. The number of rotatable bonds is 7. The van der Waals surface area contributed by atoms with Crippen molar-refractivity contribution < 1.29 is 4.79 Å². The number of hydrogen-bond acceptors (Lipinski definition) is 4. The third-order valence-corrected chi connectivity index (χ3v) is 5.17. The molecule has 0 aromatic heterocycles. The van der Waals surface area contributed by atoms with E-state index >= 15 is 0 Å². The average molecular weight is 378 g/mol. The van der Waals surface area contributed by atoms with Gasteiger partial charge in [-0.3, -0.25) is 9.69 Å². The SMILES string of the molecule is CN(C)Cc1cccc(C(=O)/C=C/c2ccccc2CN2CCN(C)CC2)c1. The Morgan fingerprint density at radius 2 is 1.79 bits per heavy atom. The molecule has 1 heterocycles. The van der Waals surface area contributed by atoms with Gasteiger partial charge in [-0.2, -0.15) is 0 Å². The van der Waals surface area contributed by atoms with Crippen molar-refractivity contribution >= 4 is 11.9 Å². The highest BCUT2D eigenvalue weighted by Crippen LogP contribution is 2.16. The van der Waals surface area contributed by atoms with Crippen LogP contribution in [0.1, 0.15) is 27.0 Å². The summed E-state index contributed by atoms with van der Waals surface area (Å²) in [6.07, 6.45) is 3.67. The number of benzene rings is 2. The summed E-state index contributed by atoms with van der Waals surface area (Å²) in [5.41, 5.74) is 4.29. The van der Waals surface area contributed by atoms with Gasteiger partial charge >= 0.3 is 0 Å². The number of hydrogen-bond donors (Lipinski definition) is 0. The monoisotopic (exact) mass is 377 g/mol. The average Bonchev–Trinajstić information content (AvgIpc) is 2.68. The van der Waals surface area contributed by atoms with Crippen LogP contribution in [0.4, 0.5) is 0 Å². The maximum atomic E-state index is 12.7. The highest BCUT2D eigenvalue weighted by atomic mass is 16.1. The van der Waals surface area contributed by atoms with E-state index in [1.807, 2.05) is 44.4 Å². The zero-order valence-corrected chi connectivity index (χ0v) is 17.3. The second-order valence-corrected chi connectivity index (χ2v) is 7.91. The van der Waals surface area contributed by atoms with Crippen molar-refractivity contribution in [3.05, 3.63) is 76.9 Å². The fourth-order valence-electron chi connectivity index (χ4n) is 3.54. The first-order valence-electron chi connectivity index (χ1n) is 9.96.